The van der Waals surface area contributed by atoms with Crippen LogP contribution in [0.2, 0.25) is 0 Å². The Morgan fingerprint density at radius 1 is 1.41 bits per heavy atom. The largest absolute Gasteiger partial charge is 0.327 e. The lowest BCUT2D eigenvalue weighted by atomic mass is 10.2. The molecule has 0 aromatic carbocycles. The third-order valence-electron chi connectivity index (χ3n) is 2.08. The molecule has 0 aliphatic carbocycles. The first-order chi connectivity index (χ1) is 8.11. The first-order valence-electron chi connectivity index (χ1n) is 5.46. The highest BCUT2D eigenvalue weighted by atomic mass is 16.1. The fraction of sp³-hybridized carbons (Fsp3) is 0.231. The summed E-state index contributed by atoms with van der Waals surface area (Å²) in [5.41, 5.74) is 1.42. The number of hydrogen-bond acceptors (Lipinski definition) is 2. The monoisotopic (exact) mass is 232 g/mol. The Labute approximate surface area is 100 Å². The summed E-state index contributed by atoms with van der Waals surface area (Å²) in [5, 5.41) is 2.64. The number of aromatic amines is 1. The highest BCUT2D eigenvalue weighted by molar-refractivity contribution is 5.99. The van der Waals surface area contributed by atoms with Crippen molar-refractivity contribution in [3.8, 4) is 0 Å². The van der Waals surface area contributed by atoms with Crippen molar-refractivity contribution >= 4 is 11.6 Å². The molecule has 0 aliphatic rings. The Morgan fingerprint density at radius 2 is 2.18 bits per heavy atom. The normalized spacial score (nSPS) is 11.8. The molecule has 17 heavy (non-hydrogen) atoms. The van der Waals surface area contributed by atoms with Crippen LogP contribution in [0.25, 0.3) is 0 Å². The summed E-state index contributed by atoms with van der Waals surface area (Å²) in [6.45, 7) is 3.98. The molecule has 4 heteroatoms. The van der Waals surface area contributed by atoms with Crippen molar-refractivity contribution in [3.63, 3.8) is 0 Å². The predicted molar refractivity (Wildman–Crippen MR) is 68.9 cm³/mol. The predicted octanol–water partition coefficient (Wildman–Crippen LogP) is 2.23. The zero-order valence-corrected chi connectivity index (χ0v) is 9.99. The van der Waals surface area contributed by atoms with Gasteiger partial charge in [0.1, 0.15) is 0 Å². The summed E-state index contributed by atoms with van der Waals surface area (Å²) in [6, 6.07) is 2.92. The Hall–Kier alpha value is -2.10. The highest BCUT2D eigenvalue weighted by Crippen LogP contribution is 2.02. The van der Waals surface area contributed by atoms with Crippen molar-refractivity contribution in [2.45, 2.75) is 20.3 Å². The minimum absolute atomic E-state index is 0.194. The number of aromatic nitrogens is 1. The van der Waals surface area contributed by atoms with Crippen LogP contribution in [0.5, 0.6) is 0 Å². The van der Waals surface area contributed by atoms with Gasteiger partial charge in [0.05, 0.1) is 5.69 Å². The van der Waals surface area contributed by atoms with Gasteiger partial charge < -0.3 is 10.3 Å². The molecule has 1 heterocycles. The molecular weight excluding hydrogens is 216 g/mol. The van der Waals surface area contributed by atoms with Gasteiger partial charge in [-0.15, -0.1) is 0 Å². The van der Waals surface area contributed by atoms with E-state index < -0.39 is 0 Å². The zero-order valence-electron chi connectivity index (χ0n) is 9.99. The number of rotatable bonds is 4. The number of H-pyrrole nitrogens is 1. The van der Waals surface area contributed by atoms with E-state index in [0.29, 0.717) is 5.69 Å². The lowest BCUT2D eigenvalue weighted by molar-refractivity contribution is -0.111. The molecule has 1 aromatic rings. The number of carbonyl (C=O) groups is 1. The van der Waals surface area contributed by atoms with E-state index in [4.69, 9.17) is 0 Å². The van der Waals surface area contributed by atoms with Crippen molar-refractivity contribution in [2.24, 2.45) is 0 Å². The van der Waals surface area contributed by atoms with Crippen LogP contribution in [0.15, 0.2) is 46.9 Å². The van der Waals surface area contributed by atoms with Crippen molar-refractivity contribution < 1.29 is 4.79 Å². The molecule has 0 atom stereocenters. The molecule has 0 unspecified atom stereocenters. The average molecular weight is 232 g/mol. The van der Waals surface area contributed by atoms with Gasteiger partial charge in [-0.2, -0.15) is 0 Å². The van der Waals surface area contributed by atoms with E-state index in [0.717, 1.165) is 12.0 Å². The number of allylic oxidation sites excluding steroid dienone is 3. The second-order valence-corrected chi connectivity index (χ2v) is 3.62. The third-order valence-corrected chi connectivity index (χ3v) is 2.08. The molecule has 0 radical (unpaired) electrons. The van der Waals surface area contributed by atoms with Crippen molar-refractivity contribution in [1.29, 1.82) is 0 Å². The molecule has 1 amide bonds. The van der Waals surface area contributed by atoms with Crippen LogP contribution in [-0.2, 0) is 4.79 Å². The lowest BCUT2D eigenvalue weighted by Gasteiger charge is -2.00. The quantitative estimate of drug-likeness (QED) is 0.617. The van der Waals surface area contributed by atoms with E-state index in [9.17, 15) is 9.59 Å². The van der Waals surface area contributed by atoms with E-state index in [2.05, 4.69) is 10.3 Å². The van der Waals surface area contributed by atoms with Crippen LogP contribution < -0.4 is 10.9 Å². The molecule has 4 nitrogen and oxygen atoms in total. The van der Waals surface area contributed by atoms with Gasteiger partial charge in [0.25, 0.3) is 0 Å². The van der Waals surface area contributed by atoms with E-state index in [-0.39, 0.29) is 11.5 Å². The molecule has 0 saturated carbocycles. The Morgan fingerprint density at radius 3 is 2.76 bits per heavy atom. The summed E-state index contributed by atoms with van der Waals surface area (Å²) in [4.78, 5) is 24.8. The van der Waals surface area contributed by atoms with Crippen LogP contribution in [0.4, 0.5) is 5.69 Å². The molecule has 0 spiro atoms. The maximum atomic E-state index is 11.5. The summed E-state index contributed by atoms with van der Waals surface area (Å²) < 4.78 is 0. The van der Waals surface area contributed by atoms with Gasteiger partial charge >= 0.3 is 0 Å². The van der Waals surface area contributed by atoms with Gasteiger partial charge in [-0.25, -0.2) is 0 Å². The number of amides is 1. The zero-order chi connectivity index (χ0) is 12.7. The number of anilines is 1. The van der Waals surface area contributed by atoms with Crippen LogP contribution in [0.3, 0.4) is 0 Å². The molecule has 1 aromatic heterocycles. The van der Waals surface area contributed by atoms with Gasteiger partial charge in [-0.1, -0.05) is 24.6 Å². The standard InChI is InChI=1S/C13H16N2O2/c1-3-4-10(2)5-7-13(17)15-11-6-8-12(16)14-9-11/h4-9H,3H2,1-2H3,(H,14,16)(H,15,17)/b7-5+,10-4+. The molecule has 0 saturated heterocycles. The number of pyridine rings is 1. The van der Waals surface area contributed by atoms with Gasteiger partial charge in [0.2, 0.25) is 11.5 Å². The summed E-state index contributed by atoms with van der Waals surface area (Å²) >= 11 is 0. The van der Waals surface area contributed by atoms with Gasteiger partial charge in [0, 0.05) is 18.3 Å². The fourth-order valence-electron chi connectivity index (χ4n) is 1.27. The number of carbonyl (C=O) groups excluding carboxylic acids is 1. The van der Waals surface area contributed by atoms with Crippen LogP contribution in [0, 0.1) is 0 Å². The fourth-order valence-corrected chi connectivity index (χ4v) is 1.27. The average Bonchev–Trinajstić information content (AvgIpc) is 2.30. The van der Waals surface area contributed by atoms with Crippen LogP contribution in [-0.4, -0.2) is 10.9 Å². The SMILES string of the molecule is CC/C=C(C)/C=C/C(=O)Nc1ccc(=O)[nH]c1. The highest BCUT2D eigenvalue weighted by Gasteiger charge is 1.96. The number of nitrogens with one attached hydrogen (secondary N) is 2. The minimum atomic E-state index is -0.221. The second-order valence-electron chi connectivity index (χ2n) is 3.62. The molecular formula is C13H16N2O2. The van der Waals surface area contributed by atoms with Crippen molar-refractivity contribution in [3.05, 3.63) is 52.5 Å². The van der Waals surface area contributed by atoms with Crippen molar-refractivity contribution in [1.82, 2.24) is 4.98 Å². The first kappa shape index (κ1) is 13.0. The molecule has 1 rings (SSSR count). The maximum absolute atomic E-state index is 11.5. The maximum Gasteiger partial charge on any atom is 0.248 e. The molecule has 0 aliphatic heterocycles. The Kier molecular flexibility index (Phi) is 4.94. The first-order valence-corrected chi connectivity index (χ1v) is 5.46. The molecule has 2 N–H and O–H groups in total. The molecule has 0 fully saturated rings. The molecule has 0 bridgehead atoms. The topological polar surface area (TPSA) is 62.0 Å². The smallest absolute Gasteiger partial charge is 0.248 e. The van der Waals surface area contributed by atoms with Crippen molar-refractivity contribution in [2.75, 3.05) is 5.32 Å². The molecule has 90 valence electrons. The van der Waals surface area contributed by atoms with Crippen LogP contribution in [0.1, 0.15) is 20.3 Å². The third kappa shape index (κ3) is 4.97. The van der Waals surface area contributed by atoms with Gasteiger partial charge in [0.15, 0.2) is 0 Å². The Balaban J connectivity index is 2.58. The van der Waals surface area contributed by atoms with E-state index in [1.165, 1.54) is 18.3 Å². The van der Waals surface area contributed by atoms with Gasteiger partial charge in [-0.3, -0.25) is 9.59 Å². The van der Waals surface area contributed by atoms with E-state index in [1.54, 1.807) is 12.1 Å². The summed E-state index contributed by atoms with van der Waals surface area (Å²) in [5.74, 6) is -0.221. The van der Waals surface area contributed by atoms with E-state index >= 15 is 0 Å². The second kappa shape index (κ2) is 6.48. The van der Waals surface area contributed by atoms with E-state index in [1.807, 2.05) is 19.9 Å². The van der Waals surface area contributed by atoms with Gasteiger partial charge in [-0.05, 0) is 19.4 Å². The van der Waals surface area contributed by atoms with Crippen LogP contribution >= 0.6 is 0 Å². The number of hydrogen-bond donors (Lipinski definition) is 2. The summed E-state index contributed by atoms with van der Waals surface area (Å²) in [6.07, 6.45) is 7.65. The lowest BCUT2D eigenvalue weighted by Crippen LogP contribution is -2.10. The minimum Gasteiger partial charge on any atom is -0.327 e. The summed E-state index contributed by atoms with van der Waals surface area (Å²) in [7, 11) is 0. The Bertz CT molecular complexity index is 478.